The Bertz CT molecular complexity index is 4210. The SMILES string of the molecule is N#Cc1cccc(-c2ccc(-c3nc(-c4ccc(-c5cccc(C#N)c5)c(-n5c6ccccc6c6ccccc65)c4)nc(-c4ccccc4-c4ccccc4C#N)n3)cc2-n2c3ccccc3c3ccccc32)c1. The molecular weight excluding hydrogens is 905 g/mol. The van der Waals surface area contributed by atoms with Crippen LogP contribution in [0.15, 0.2) is 231 Å². The van der Waals surface area contributed by atoms with Crippen molar-refractivity contribution >= 4 is 43.6 Å². The Hall–Kier alpha value is -10.7. The van der Waals surface area contributed by atoms with E-state index < -0.39 is 0 Å². The van der Waals surface area contributed by atoms with Crippen molar-refractivity contribution in [2.75, 3.05) is 0 Å². The van der Waals surface area contributed by atoms with Gasteiger partial charge in [0.2, 0.25) is 0 Å². The fourth-order valence-electron chi connectivity index (χ4n) is 10.6. The number of aromatic nitrogens is 5. The Morgan fingerprint density at radius 2 is 0.676 bits per heavy atom. The quantitative estimate of drug-likeness (QED) is 0.150. The number of hydrogen-bond donors (Lipinski definition) is 0. The molecule has 0 N–H and O–H groups in total. The van der Waals surface area contributed by atoms with Crippen molar-refractivity contribution in [3.63, 3.8) is 0 Å². The number of fused-ring (bicyclic) bond motifs is 6. The number of benzene rings is 10. The largest absolute Gasteiger partial charge is 0.309 e. The van der Waals surface area contributed by atoms with Crippen LogP contribution in [0.3, 0.4) is 0 Å². The molecule has 0 spiro atoms. The smallest absolute Gasteiger partial charge is 0.164 e. The van der Waals surface area contributed by atoms with Gasteiger partial charge in [-0.05, 0) is 83.4 Å². The molecule has 8 heteroatoms. The van der Waals surface area contributed by atoms with Crippen LogP contribution in [-0.2, 0) is 0 Å². The molecule has 13 aromatic rings. The van der Waals surface area contributed by atoms with Crippen LogP contribution < -0.4 is 0 Å². The van der Waals surface area contributed by atoms with E-state index in [0.29, 0.717) is 34.2 Å². The molecule has 10 aromatic carbocycles. The zero-order chi connectivity index (χ0) is 49.7. The highest BCUT2D eigenvalue weighted by Crippen LogP contribution is 2.42. The topological polar surface area (TPSA) is 120 Å². The fraction of sp³-hybridized carbons (Fsp3) is 0. The molecule has 0 aliphatic rings. The van der Waals surface area contributed by atoms with Crippen molar-refractivity contribution in [1.82, 2.24) is 24.1 Å². The number of nitrogens with zero attached hydrogens (tertiary/aromatic N) is 8. The summed E-state index contributed by atoms with van der Waals surface area (Å²) in [7, 11) is 0. The van der Waals surface area contributed by atoms with Gasteiger partial charge >= 0.3 is 0 Å². The molecule has 0 fully saturated rings. The van der Waals surface area contributed by atoms with Gasteiger partial charge in [-0.2, -0.15) is 15.8 Å². The molecule has 0 atom stereocenters. The number of nitriles is 3. The number of para-hydroxylation sites is 4. The summed E-state index contributed by atoms with van der Waals surface area (Å²) in [4.78, 5) is 16.1. The molecule has 0 bridgehead atoms. The highest BCUT2D eigenvalue weighted by molar-refractivity contribution is 6.11. The lowest BCUT2D eigenvalue weighted by atomic mass is 9.95. The van der Waals surface area contributed by atoms with E-state index in [1.54, 1.807) is 0 Å². The molecule has 8 nitrogen and oxygen atoms in total. The number of rotatable bonds is 8. The van der Waals surface area contributed by atoms with Crippen LogP contribution in [0.25, 0.3) is 123 Å². The van der Waals surface area contributed by atoms with E-state index in [4.69, 9.17) is 15.0 Å². The molecule has 3 aromatic heterocycles. The average Bonchev–Trinajstić information content (AvgIpc) is 4.03. The van der Waals surface area contributed by atoms with E-state index in [2.05, 4.69) is 149 Å². The summed E-state index contributed by atoms with van der Waals surface area (Å²) >= 11 is 0. The van der Waals surface area contributed by atoms with Gasteiger partial charge in [0.1, 0.15) is 0 Å². The molecule has 0 aliphatic heterocycles. The van der Waals surface area contributed by atoms with Crippen molar-refractivity contribution < 1.29 is 0 Å². The van der Waals surface area contributed by atoms with E-state index in [-0.39, 0.29) is 0 Å². The van der Waals surface area contributed by atoms with Crippen LogP contribution in [0.4, 0.5) is 0 Å². The first kappa shape index (κ1) is 43.3. The van der Waals surface area contributed by atoms with Crippen molar-refractivity contribution in [3.05, 3.63) is 247 Å². The molecule has 3 heterocycles. The first-order valence-electron chi connectivity index (χ1n) is 24.2. The molecule has 342 valence electrons. The van der Waals surface area contributed by atoms with E-state index in [1.807, 2.05) is 109 Å². The monoisotopic (exact) mass is 942 g/mol. The van der Waals surface area contributed by atoms with Crippen molar-refractivity contribution in [1.29, 1.82) is 15.8 Å². The highest BCUT2D eigenvalue weighted by atomic mass is 15.0. The molecule has 0 saturated carbocycles. The zero-order valence-corrected chi connectivity index (χ0v) is 39.5. The third kappa shape index (κ3) is 7.25. The van der Waals surface area contributed by atoms with Gasteiger partial charge < -0.3 is 9.13 Å². The first-order chi connectivity index (χ1) is 36.6. The second-order valence-electron chi connectivity index (χ2n) is 18.1. The maximum absolute atomic E-state index is 10.3. The van der Waals surface area contributed by atoms with Gasteiger partial charge in [-0.25, -0.2) is 15.0 Å². The molecule has 0 radical (unpaired) electrons. The standard InChI is InChI=1S/C66H38N8/c67-39-42-15-13-18-44(35-42)50-33-31-46(37-62(50)73-58-27-9-5-22-53(58)54-23-6-10-28-59(54)73)64-70-65(72-66(71-64)57-26-4-3-21-52(57)49-20-2-1-17-48(49)41-69)47-32-34-51(45-19-14-16-43(36-45)40-68)63(38-47)74-60-29-11-7-24-55(60)56-25-8-12-30-61(56)74/h1-38H. The van der Waals surface area contributed by atoms with Crippen molar-refractivity contribution in [3.8, 4) is 97.1 Å². The van der Waals surface area contributed by atoms with Gasteiger partial charge in [-0.15, -0.1) is 0 Å². The van der Waals surface area contributed by atoms with Crippen LogP contribution in [0.2, 0.25) is 0 Å². The lowest BCUT2D eigenvalue weighted by Gasteiger charge is -2.18. The maximum Gasteiger partial charge on any atom is 0.164 e. The molecule has 13 rings (SSSR count). The van der Waals surface area contributed by atoms with Gasteiger partial charge in [0.25, 0.3) is 0 Å². The third-order valence-electron chi connectivity index (χ3n) is 13.9. The summed E-state index contributed by atoms with van der Waals surface area (Å²) < 4.78 is 4.58. The summed E-state index contributed by atoms with van der Waals surface area (Å²) in [5.41, 5.74) is 15.0. The Kier molecular flexibility index (Phi) is 10.5. The summed E-state index contributed by atoms with van der Waals surface area (Å²) in [5.74, 6) is 1.32. The Morgan fingerprint density at radius 3 is 1.12 bits per heavy atom. The summed E-state index contributed by atoms with van der Waals surface area (Å²) in [6.07, 6.45) is 0. The molecule has 0 aliphatic carbocycles. The summed E-state index contributed by atoms with van der Waals surface area (Å²) in [6.45, 7) is 0. The van der Waals surface area contributed by atoms with Crippen LogP contribution in [0.5, 0.6) is 0 Å². The van der Waals surface area contributed by atoms with E-state index in [1.165, 1.54) is 0 Å². The highest BCUT2D eigenvalue weighted by Gasteiger charge is 2.23. The fourth-order valence-corrected chi connectivity index (χ4v) is 10.6. The predicted octanol–water partition coefficient (Wildman–Crippen LogP) is 15.7. The average molecular weight is 943 g/mol. The third-order valence-corrected chi connectivity index (χ3v) is 13.9. The van der Waals surface area contributed by atoms with Gasteiger partial charge in [-0.1, -0.05) is 164 Å². The maximum atomic E-state index is 10.3. The van der Waals surface area contributed by atoms with E-state index >= 15 is 0 Å². The molecule has 0 unspecified atom stereocenters. The van der Waals surface area contributed by atoms with E-state index in [9.17, 15) is 15.8 Å². The molecule has 0 amide bonds. The minimum Gasteiger partial charge on any atom is -0.309 e. The molecule has 0 saturated heterocycles. The lowest BCUT2D eigenvalue weighted by Crippen LogP contribution is -2.04. The predicted molar refractivity (Wildman–Crippen MR) is 295 cm³/mol. The molecular formula is C66H38N8. The van der Waals surface area contributed by atoms with Gasteiger partial charge in [0.05, 0.1) is 68.3 Å². The Morgan fingerprint density at radius 1 is 0.284 bits per heavy atom. The van der Waals surface area contributed by atoms with Crippen LogP contribution >= 0.6 is 0 Å². The Balaban J connectivity index is 1.10. The van der Waals surface area contributed by atoms with Crippen LogP contribution in [0.1, 0.15) is 16.7 Å². The van der Waals surface area contributed by atoms with Crippen LogP contribution in [0, 0.1) is 34.0 Å². The van der Waals surface area contributed by atoms with E-state index in [0.717, 1.165) is 105 Å². The number of hydrogen-bond acceptors (Lipinski definition) is 6. The molecule has 74 heavy (non-hydrogen) atoms. The zero-order valence-electron chi connectivity index (χ0n) is 39.5. The Labute approximate surface area is 425 Å². The van der Waals surface area contributed by atoms with Crippen LogP contribution in [-0.4, -0.2) is 24.1 Å². The summed E-state index contributed by atoms with van der Waals surface area (Å²) in [6, 6.07) is 84.2. The van der Waals surface area contributed by atoms with Gasteiger partial charge in [0, 0.05) is 54.9 Å². The first-order valence-corrected chi connectivity index (χ1v) is 24.2. The minimum absolute atomic E-state index is 0.432. The second kappa shape index (κ2) is 17.9. The van der Waals surface area contributed by atoms with Crippen molar-refractivity contribution in [2.45, 2.75) is 0 Å². The lowest BCUT2D eigenvalue weighted by molar-refractivity contribution is 1.07. The normalized spacial score (nSPS) is 11.2. The summed E-state index contributed by atoms with van der Waals surface area (Å²) in [5, 5.41) is 34.9. The minimum atomic E-state index is 0.432. The van der Waals surface area contributed by atoms with Gasteiger partial charge in [0.15, 0.2) is 17.5 Å². The van der Waals surface area contributed by atoms with Crippen molar-refractivity contribution in [2.24, 2.45) is 0 Å². The second-order valence-corrected chi connectivity index (χ2v) is 18.1. The van der Waals surface area contributed by atoms with Gasteiger partial charge in [-0.3, -0.25) is 0 Å².